The predicted molar refractivity (Wildman–Crippen MR) is 38.2 cm³/mol. The van der Waals surface area contributed by atoms with Gasteiger partial charge in [0.15, 0.2) is 0 Å². The molecule has 0 fully saturated rings. The molecule has 10 heavy (non-hydrogen) atoms. The Labute approximate surface area is 62.1 Å². The minimum atomic E-state index is 0.619. The van der Waals surface area contributed by atoms with Crippen LogP contribution in [0.5, 0.6) is 0 Å². The molecule has 3 heteroatoms. The second-order valence-corrected chi connectivity index (χ2v) is 2.12. The number of hydrogen-bond donors (Lipinski definition) is 0. The van der Waals surface area contributed by atoms with E-state index in [1.54, 1.807) is 0 Å². The molecule has 0 aliphatic carbocycles. The fourth-order valence-electron chi connectivity index (χ4n) is 0.670. The third kappa shape index (κ3) is 7.88. The van der Waals surface area contributed by atoms with Crippen LogP contribution < -0.4 is 0 Å². The molecule has 0 bridgehead atoms. The van der Waals surface area contributed by atoms with E-state index in [2.05, 4.69) is 21.7 Å². The highest BCUT2D eigenvalue weighted by Gasteiger charge is 1.88. The molecule has 0 aliphatic rings. The molecule has 0 N–H and O–H groups in total. The zero-order valence-electron chi connectivity index (χ0n) is 6.76. The van der Waals surface area contributed by atoms with Crippen LogP contribution in [0.3, 0.4) is 0 Å². The van der Waals surface area contributed by atoms with Gasteiger partial charge in [-0.3, -0.25) is 0 Å². The fourth-order valence-corrected chi connectivity index (χ4v) is 0.670. The molecule has 0 aromatic carbocycles. The summed E-state index contributed by atoms with van der Waals surface area (Å²) in [6.07, 6.45) is 4.74. The highest BCUT2D eigenvalue weighted by molar-refractivity contribution is 4.36. The third-order valence-electron chi connectivity index (χ3n) is 1.20. The lowest BCUT2D eigenvalue weighted by atomic mass is 10.2. The Kier molecular flexibility index (Phi) is 8.77. The zero-order chi connectivity index (χ0) is 7.66. The van der Waals surface area contributed by atoms with Crippen LogP contribution in [0.2, 0.25) is 0 Å². The molecular weight excluding hydrogens is 132 g/mol. The summed E-state index contributed by atoms with van der Waals surface area (Å²) >= 11 is 0. The average Bonchev–Trinajstić information content (AvgIpc) is 1.97. The molecule has 0 saturated heterocycles. The molecule has 0 rings (SSSR count). The summed E-state index contributed by atoms with van der Waals surface area (Å²) in [7, 11) is 1.42. The van der Waals surface area contributed by atoms with Gasteiger partial charge in [-0.05, 0) is 6.42 Å². The summed E-state index contributed by atoms with van der Waals surface area (Å²) < 4.78 is 0. The van der Waals surface area contributed by atoms with Crippen molar-refractivity contribution in [2.24, 2.45) is 0 Å². The highest BCUT2D eigenvalue weighted by atomic mass is 17.5. The maximum atomic E-state index is 4.61. The van der Waals surface area contributed by atoms with Gasteiger partial charge < -0.3 is 0 Å². The van der Waals surface area contributed by atoms with Gasteiger partial charge in [-0.1, -0.05) is 31.2 Å². The van der Waals surface area contributed by atoms with E-state index in [0.29, 0.717) is 6.61 Å². The Bertz CT molecular complexity index is 48.8. The van der Waals surface area contributed by atoms with Crippen LogP contribution in [0.25, 0.3) is 0 Å². The van der Waals surface area contributed by atoms with Gasteiger partial charge in [-0.15, -0.1) is 0 Å². The van der Waals surface area contributed by atoms with Gasteiger partial charge in [0.1, 0.15) is 0 Å². The van der Waals surface area contributed by atoms with Crippen LogP contribution in [0.1, 0.15) is 32.6 Å². The van der Waals surface area contributed by atoms with E-state index < -0.39 is 0 Å². The lowest BCUT2D eigenvalue weighted by molar-refractivity contribution is -0.502. The van der Waals surface area contributed by atoms with E-state index in [4.69, 9.17) is 0 Å². The standard InChI is InChI=1S/C7H16O3/c1-3-4-5-6-7-9-10-8-2/h3-7H2,1-2H3. The number of rotatable bonds is 7. The summed E-state index contributed by atoms with van der Waals surface area (Å²) in [6.45, 7) is 2.79. The van der Waals surface area contributed by atoms with Gasteiger partial charge in [0.2, 0.25) is 0 Å². The summed E-state index contributed by atoms with van der Waals surface area (Å²) in [5.41, 5.74) is 0. The fraction of sp³-hybridized carbons (Fsp3) is 1.00. The first kappa shape index (κ1) is 9.88. The van der Waals surface area contributed by atoms with Crippen molar-refractivity contribution in [3.05, 3.63) is 0 Å². The Hall–Kier alpha value is -0.120. The van der Waals surface area contributed by atoms with Crippen LogP contribution >= 0.6 is 0 Å². The van der Waals surface area contributed by atoms with Crippen LogP contribution in [-0.4, -0.2) is 13.7 Å². The summed E-state index contributed by atoms with van der Waals surface area (Å²) in [6, 6.07) is 0. The van der Waals surface area contributed by atoms with Crippen LogP contribution in [-0.2, 0) is 14.8 Å². The molecular formula is C7H16O3. The molecule has 0 saturated carbocycles. The average molecular weight is 148 g/mol. The Morgan fingerprint density at radius 1 is 1.10 bits per heavy atom. The van der Waals surface area contributed by atoms with E-state index in [9.17, 15) is 0 Å². The van der Waals surface area contributed by atoms with Crippen molar-refractivity contribution in [1.82, 2.24) is 0 Å². The first-order valence-electron chi connectivity index (χ1n) is 3.74. The zero-order valence-corrected chi connectivity index (χ0v) is 6.76. The molecule has 0 atom stereocenters. The number of hydrogen-bond acceptors (Lipinski definition) is 3. The van der Waals surface area contributed by atoms with Crippen LogP contribution in [0.4, 0.5) is 0 Å². The lowest BCUT2D eigenvalue weighted by Crippen LogP contribution is -1.95. The summed E-state index contributed by atoms with van der Waals surface area (Å²) in [4.78, 5) is 8.83. The lowest BCUT2D eigenvalue weighted by Gasteiger charge is -1.98. The van der Waals surface area contributed by atoms with Crippen molar-refractivity contribution in [2.45, 2.75) is 32.6 Å². The SMILES string of the molecule is CCCCCCOOOC. The minimum Gasteiger partial charge on any atom is -0.210 e. The minimum absolute atomic E-state index is 0.619. The van der Waals surface area contributed by atoms with E-state index in [1.165, 1.54) is 26.4 Å². The molecule has 0 aliphatic heterocycles. The van der Waals surface area contributed by atoms with E-state index in [1.807, 2.05) is 0 Å². The molecule has 0 amide bonds. The largest absolute Gasteiger partial charge is 0.210 e. The molecule has 62 valence electrons. The summed E-state index contributed by atoms with van der Waals surface area (Å²) in [5.74, 6) is 0. The Balaban J connectivity index is 2.65. The smallest absolute Gasteiger partial charge is 0.0853 e. The van der Waals surface area contributed by atoms with Crippen molar-refractivity contribution in [3.63, 3.8) is 0 Å². The second-order valence-electron chi connectivity index (χ2n) is 2.12. The predicted octanol–water partition coefficient (Wildman–Crippen LogP) is 2.08. The maximum Gasteiger partial charge on any atom is 0.0853 e. The van der Waals surface area contributed by atoms with Crippen LogP contribution in [0, 0.1) is 0 Å². The van der Waals surface area contributed by atoms with Crippen molar-refractivity contribution in [2.75, 3.05) is 13.7 Å². The molecule has 0 aromatic heterocycles. The normalized spacial score (nSPS) is 10.2. The Morgan fingerprint density at radius 2 is 1.90 bits per heavy atom. The first-order chi connectivity index (χ1) is 4.91. The van der Waals surface area contributed by atoms with Crippen molar-refractivity contribution < 1.29 is 14.8 Å². The van der Waals surface area contributed by atoms with Gasteiger partial charge in [-0.2, -0.15) is 0 Å². The van der Waals surface area contributed by atoms with Crippen molar-refractivity contribution >= 4 is 0 Å². The molecule has 0 radical (unpaired) electrons. The van der Waals surface area contributed by atoms with E-state index in [-0.39, 0.29) is 0 Å². The highest BCUT2D eigenvalue weighted by Crippen LogP contribution is 1.98. The van der Waals surface area contributed by atoms with Gasteiger partial charge in [0, 0.05) is 0 Å². The monoisotopic (exact) mass is 148 g/mol. The van der Waals surface area contributed by atoms with Gasteiger partial charge in [0.25, 0.3) is 0 Å². The van der Waals surface area contributed by atoms with Crippen molar-refractivity contribution in [1.29, 1.82) is 0 Å². The van der Waals surface area contributed by atoms with Crippen molar-refractivity contribution in [3.8, 4) is 0 Å². The maximum absolute atomic E-state index is 4.61. The quantitative estimate of drug-likeness (QED) is 0.314. The molecule has 0 heterocycles. The molecule has 0 spiro atoms. The molecule has 3 nitrogen and oxygen atoms in total. The van der Waals surface area contributed by atoms with Gasteiger partial charge in [0.05, 0.1) is 13.7 Å². The van der Waals surface area contributed by atoms with E-state index >= 15 is 0 Å². The Morgan fingerprint density at radius 3 is 2.50 bits per heavy atom. The van der Waals surface area contributed by atoms with E-state index in [0.717, 1.165) is 6.42 Å². The molecule has 0 aromatic rings. The second kappa shape index (κ2) is 8.88. The van der Waals surface area contributed by atoms with Gasteiger partial charge >= 0.3 is 0 Å². The van der Waals surface area contributed by atoms with Crippen LogP contribution in [0.15, 0.2) is 0 Å². The number of unbranched alkanes of at least 4 members (excludes halogenated alkanes) is 3. The summed E-state index contributed by atoms with van der Waals surface area (Å²) in [5, 5.41) is 4.21. The first-order valence-corrected chi connectivity index (χ1v) is 3.74. The topological polar surface area (TPSA) is 27.7 Å². The third-order valence-corrected chi connectivity index (χ3v) is 1.20. The molecule has 0 unspecified atom stereocenters. The van der Waals surface area contributed by atoms with Gasteiger partial charge in [-0.25, -0.2) is 9.78 Å².